The molecule has 0 aromatic heterocycles. The summed E-state index contributed by atoms with van der Waals surface area (Å²) in [4.78, 5) is 6.26. The normalized spacial score (nSPS) is 13.6. The topological polar surface area (TPSA) is 15.6 Å². The molecule has 0 N–H and O–H groups in total. The highest BCUT2D eigenvalue weighted by molar-refractivity contribution is 5.79. The predicted molar refractivity (Wildman–Crippen MR) is 46.5 cm³/mol. The monoisotopic (exact) mass is 142 g/mol. The Bertz CT molecular complexity index is 131. The highest BCUT2D eigenvalue weighted by atomic mass is 15.2. The van der Waals surface area contributed by atoms with Crippen LogP contribution in [0.25, 0.3) is 0 Å². The van der Waals surface area contributed by atoms with Gasteiger partial charge in [0, 0.05) is 19.6 Å². The summed E-state index contributed by atoms with van der Waals surface area (Å²) in [6, 6.07) is 0. The summed E-state index contributed by atoms with van der Waals surface area (Å²) in [5.41, 5.74) is 0.184. The lowest BCUT2D eigenvalue weighted by Gasteiger charge is -2.33. The Kier molecular flexibility index (Phi) is 2.88. The maximum absolute atomic E-state index is 4.10. The second-order valence-electron chi connectivity index (χ2n) is 3.50. The molecule has 60 valence electrons. The molecular formula is C8H18N2. The summed E-state index contributed by atoms with van der Waals surface area (Å²) in [5.74, 6) is 1.08. The number of aliphatic imine (C=N–C) groups is 1. The van der Waals surface area contributed by atoms with E-state index < -0.39 is 0 Å². The molecule has 0 fully saturated rings. The van der Waals surface area contributed by atoms with Crippen LogP contribution in [0.5, 0.6) is 0 Å². The van der Waals surface area contributed by atoms with Crippen molar-refractivity contribution in [2.75, 3.05) is 14.1 Å². The third-order valence-corrected chi connectivity index (χ3v) is 1.82. The Morgan fingerprint density at radius 1 is 1.30 bits per heavy atom. The maximum atomic E-state index is 4.10. The van der Waals surface area contributed by atoms with Gasteiger partial charge in [-0.1, -0.05) is 0 Å². The summed E-state index contributed by atoms with van der Waals surface area (Å²) >= 11 is 0. The van der Waals surface area contributed by atoms with E-state index in [0.29, 0.717) is 0 Å². The third kappa shape index (κ3) is 2.38. The van der Waals surface area contributed by atoms with Crippen LogP contribution in [0.2, 0.25) is 0 Å². The smallest absolute Gasteiger partial charge is 0.0955 e. The van der Waals surface area contributed by atoms with Gasteiger partial charge in [0.05, 0.1) is 5.84 Å². The standard InChI is InChI=1S/C8H18N2/c1-7(9-5)10(6)8(2,3)4/h1-6H3/b9-7+. The fraction of sp³-hybridized carbons (Fsp3) is 0.875. The fourth-order valence-corrected chi connectivity index (χ4v) is 0.635. The van der Waals surface area contributed by atoms with E-state index in [-0.39, 0.29) is 5.54 Å². The summed E-state index contributed by atoms with van der Waals surface area (Å²) in [5, 5.41) is 0. The Balaban J connectivity index is 4.23. The fourth-order valence-electron chi connectivity index (χ4n) is 0.635. The minimum atomic E-state index is 0.184. The summed E-state index contributed by atoms with van der Waals surface area (Å²) < 4.78 is 0. The van der Waals surface area contributed by atoms with E-state index in [0.717, 1.165) is 5.84 Å². The van der Waals surface area contributed by atoms with Crippen molar-refractivity contribution >= 4 is 5.84 Å². The average Bonchev–Trinajstić information content (AvgIpc) is 1.83. The third-order valence-electron chi connectivity index (χ3n) is 1.82. The van der Waals surface area contributed by atoms with Gasteiger partial charge >= 0.3 is 0 Å². The molecule has 0 saturated heterocycles. The van der Waals surface area contributed by atoms with Crippen molar-refractivity contribution in [2.45, 2.75) is 33.2 Å². The van der Waals surface area contributed by atoms with Crippen molar-refractivity contribution in [2.24, 2.45) is 4.99 Å². The van der Waals surface area contributed by atoms with Gasteiger partial charge in [0.15, 0.2) is 0 Å². The zero-order valence-corrected chi connectivity index (χ0v) is 7.89. The van der Waals surface area contributed by atoms with Crippen LogP contribution in [0.1, 0.15) is 27.7 Å². The van der Waals surface area contributed by atoms with E-state index in [1.165, 1.54) is 0 Å². The number of nitrogens with zero attached hydrogens (tertiary/aromatic N) is 2. The van der Waals surface area contributed by atoms with Gasteiger partial charge in [-0.15, -0.1) is 0 Å². The molecule has 0 unspecified atom stereocenters. The van der Waals surface area contributed by atoms with E-state index in [4.69, 9.17) is 0 Å². The molecule has 0 heterocycles. The highest BCUT2D eigenvalue weighted by Crippen LogP contribution is 2.10. The number of rotatable bonds is 0. The van der Waals surface area contributed by atoms with Crippen LogP contribution < -0.4 is 0 Å². The van der Waals surface area contributed by atoms with E-state index in [1.807, 2.05) is 14.0 Å². The second-order valence-corrected chi connectivity index (χ2v) is 3.50. The molecule has 0 aliphatic heterocycles. The zero-order chi connectivity index (χ0) is 8.36. The van der Waals surface area contributed by atoms with Crippen molar-refractivity contribution in [1.29, 1.82) is 0 Å². The lowest BCUT2D eigenvalue weighted by atomic mass is 10.1. The molecule has 2 nitrogen and oxygen atoms in total. The van der Waals surface area contributed by atoms with Gasteiger partial charge in [-0.2, -0.15) is 0 Å². The molecule has 2 heteroatoms. The van der Waals surface area contributed by atoms with Crippen molar-refractivity contribution < 1.29 is 0 Å². The first kappa shape index (κ1) is 9.47. The number of amidine groups is 1. The molecule has 0 saturated carbocycles. The molecule has 0 radical (unpaired) electrons. The second kappa shape index (κ2) is 3.04. The molecule has 0 amide bonds. The van der Waals surface area contributed by atoms with E-state index in [2.05, 4.69) is 37.7 Å². The molecule has 10 heavy (non-hydrogen) atoms. The molecular weight excluding hydrogens is 124 g/mol. The Hall–Kier alpha value is -0.530. The molecule has 0 spiro atoms. The van der Waals surface area contributed by atoms with Gasteiger partial charge in [-0.05, 0) is 27.7 Å². The van der Waals surface area contributed by atoms with E-state index >= 15 is 0 Å². The Labute approximate surface area is 63.9 Å². The van der Waals surface area contributed by atoms with Crippen LogP contribution in [0.15, 0.2) is 4.99 Å². The Morgan fingerprint density at radius 3 is 1.80 bits per heavy atom. The first-order valence-corrected chi connectivity index (χ1v) is 3.57. The first-order valence-electron chi connectivity index (χ1n) is 3.57. The molecule has 0 aromatic rings. The van der Waals surface area contributed by atoms with Crippen LogP contribution in [0.4, 0.5) is 0 Å². The Morgan fingerprint density at radius 2 is 1.70 bits per heavy atom. The lowest BCUT2D eigenvalue weighted by molar-refractivity contribution is 0.280. The van der Waals surface area contributed by atoms with Crippen LogP contribution >= 0.6 is 0 Å². The number of hydrogen-bond acceptors (Lipinski definition) is 1. The lowest BCUT2D eigenvalue weighted by Crippen LogP contribution is -2.41. The SMILES string of the molecule is C/N=C(\C)N(C)C(C)(C)C. The summed E-state index contributed by atoms with van der Waals surface area (Å²) in [6.07, 6.45) is 0. The molecule has 0 aliphatic rings. The van der Waals surface area contributed by atoms with Crippen molar-refractivity contribution in [3.05, 3.63) is 0 Å². The van der Waals surface area contributed by atoms with E-state index in [1.54, 1.807) is 0 Å². The summed E-state index contributed by atoms with van der Waals surface area (Å²) in [6.45, 7) is 8.52. The van der Waals surface area contributed by atoms with Crippen molar-refractivity contribution in [3.8, 4) is 0 Å². The number of hydrogen-bond donors (Lipinski definition) is 0. The van der Waals surface area contributed by atoms with Gasteiger partial charge in [-0.25, -0.2) is 0 Å². The van der Waals surface area contributed by atoms with Crippen LogP contribution in [-0.4, -0.2) is 30.4 Å². The van der Waals surface area contributed by atoms with Crippen LogP contribution in [0.3, 0.4) is 0 Å². The zero-order valence-electron chi connectivity index (χ0n) is 7.89. The van der Waals surface area contributed by atoms with Gasteiger partial charge in [0.25, 0.3) is 0 Å². The van der Waals surface area contributed by atoms with Gasteiger partial charge in [0.1, 0.15) is 0 Å². The van der Waals surface area contributed by atoms with Gasteiger partial charge < -0.3 is 4.90 Å². The highest BCUT2D eigenvalue weighted by Gasteiger charge is 2.16. The maximum Gasteiger partial charge on any atom is 0.0955 e. The first-order chi connectivity index (χ1) is 4.39. The predicted octanol–water partition coefficient (Wildman–Crippen LogP) is 1.76. The molecule has 0 rings (SSSR count). The minimum absolute atomic E-state index is 0.184. The van der Waals surface area contributed by atoms with Crippen molar-refractivity contribution in [3.63, 3.8) is 0 Å². The minimum Gasteiger partial charge on any atom is -0.359 e. The molecule has 0 aromatic carbocycles. The quantitative estimate of drug-likeness (QED) is 0.372. The summed E-state index contributed by atoms with van der Waals surface area (Å²) in [7, 11) is 3.87. The van der Waals surface area contributed by atoms with Crippen molar-refractivity contribution in [1.82, 2.24) is 4.90 Å². The molecule has 0 atom stereocenters. The van der Waals surface area contributed by atoms with Crippen LogP contribution in [0, 0.1) is 0 Å². The molecule has 0 bridgehead atoms. The van der Waals surface area contributed by atoms with Gasteiger partial charge in [0.2, 0.25) is 0 Å². The average molecular weight is 142 g/mol. The van der Waals surface area contributed by atoms with Crippen LogP contribution in [-0.2, 0) is 0 Å². The van der Waals surface area contributed by atoms with Gasteiger partial charge in [-0.3, -0.25) is 4.99 Å². The molecule has 0 aliphatic carbocycles. The van der Waals surface area contributed by atoms with E-state index in [9.17, 15) is 0 Å². The largest absolute Gasteiger partial charge is 0.359 e.